The highest BCUT2D eigenvalue weighted by molar-refractivity contribution is 6.01. The second-order valence-electron chi connectivity index (χ2n) is 18.0. The number of carbonyl (C=O) groups is 3. The van der Waals surface area contributed by atoms with Gasteiger partial charge in [-0.05, 0) is 118 Å². The molecular formula is C49H59FN10O4. The van der Waals surface area contributed by atoms with Gasteiger partial charge < -0.3 is 25.0 Å². The zero-order valence-corrected chi connectivity index (χ0v) is 37.1. The van der Waals surface area contributed by atoms with Crippen LogP contribution in [0.3, 0.4) is 0 Å². The van der Waals surface area contributed by atoms with Crippen molar-refractivity contribution in [2.24, 2.45) is 13.0 Å². The van der Waals surface area contributed by atoms with Crippen molar-refractivity contribution in [3.63, 3.8) is 0 Å². The van der Waals surface area contributed by atoms with Gasteiger partial charge in [-0.1, -0.05) is 12.1 Å². The van der Waals surface area contributed by atoms with E-state index in [-0.39, 0.29) is 41.6 Å². The minimum Gasteiger partial charge on any atom is -0.388 e. The monoisotopic (exact) mass is 870 g/mol. The summed E-state index contributed by atoms with van der Waals surface area (Å²) in [7, 11) is 3.86. The number of rotatable bonds is 11. The average molecular weight is 871 g/mol. The van der Waals surface area contributed by atoms with Gasteiger partial charge in [0.05, 0.1) is 11.4 Å². The minimum absolute atomic E-state index is 0.0941. The van der Waals surface area contributed by atoms with Crippen LogP contribution in [0, 0.1) is 11.7 Å². The number of amides is 3. The average Bonchev–Trinajstić information content (AvgIpc) is 3.66. The Kier molecular flexibility index (Phi) is 12.5. The molecule has 4 aliphatic heterocycles. The van der Waals surface area contributed by atoms with E-state index < -0.39 is 6.04 Å². The van der Waals surface area contributed by atoms with Crippen LogP contribution in [-0.4, -0.2) is 119 Å². The van der Waals surface area contributed by atoms with Crippen LogP contribution in [0.25, 0.3) is 16.7 Å². The molecule has 9 rings (SSSR count). The fourth-order valence-electron chi connectivity index (χ4n) is 10.3. The van der Waals surface area contributed by atoms with Gasteiger partial charge in [-0.25, -0.2) is 9.37 Å². The molecule has 3 aromatic heterocycles. The first-order valence-electron chi connectivity index (χ1n) is 22.9. The molecule has 0 radical (unpaired) electrons. The topological polar surface area (TPSA) is 140 Å². The Hall–Kier alpha value is -6.06. The lowest BCUT2D eigenvalue weighted by atomic mass is 9.88. The van der Waals surface area contributed by atoms with E-state index in [2.05, 4.69) is 67.4 Å². The summed E-state index contributed by atoms with van der Waals surface area (Å²) in [6, 6.07) is 20.6. The summed E-state index contributed by atoms with van der Waals surface area (Å²) in [6.45, 7) is 9.81. The lowest BCUT2D eigenvalue weighted by Crippen LogP contribution is -2.49. The Labute approximate surface area is 373 Å². The molecule has 2 atom stereocenters. The second kappa shape index (κ2) is 18.6. The number of piperidine rings is 3. The smallest absolute Gasteiger partial charge is 0.257 e. The highest BCUT2D eigenvalue weighted by Gasteiger charge is 2.31. The molecule has 4 aliphatic rings. The van der Waals surface area contributed by atoms with E-state index in [1.54, 1.807) is 36.0 Å². The SMILES string of the molecule is CNc1ccn(-c2ccnc3c2cc([C@H](C)N2CCC(c4ccc(C(=O)N5CCC(CN6CCN(c7ccc(NC8CCC(=O)NC8=O)cc7F)CC6)CC5)cc4)CC2)n3C)c(=O)c1. The lowest BCUT2D eigenvalue weighted by molar-refractivity contribution is -0.133. The molecule has 0 saturated carbocycles. The number of piperazine rings is 1. The first kappa shape index (κ1) is 43.2. The largest absolute Gasteiger partial charge is 0.388 e. The number of halogens is 1. The van der Waals surface area contributed by atoms with Crippen molar-refractivity contribution in [3.05, 3.63) is 112 Å². The van der Waals surface area contributed by atoms with Gasteiger partial charge in [-0.15, -0.1) is 0 Å². The van der Waals surface area contributed by atoms with Crippen LogP contribution in [0.2, 0.25) is 0 Å². The minimum atomic E-state index is -0.554. The summed E-state index contributed by atoms with van der Waals surface area (Å²) in [5, 5.41) is 9.38. The van der Waals surface area contributed by atoms with Gasteiger partial charge in [-0.2, -0.15) is 0 Å². The molecule has 1 unspecified atom stereocenters. The maximum absolute atomic E-state index is 15.2. The van der Waals surface area contributed by atoms with E-state index in [4.69, 9.17) is 4.98 Å². The number of aromatic nitrogens is 3. The third kappa shape index (κ3) is 9.00. The van der Waals surface area contributed by atoms with Crippen molar-refractivity contribution in [1.29, 1.82) is 0 Å². The number of hydrogen-bond donors (Lipinski definition) is 3. The van der Waals surface area contributed by atoms with E-state index >= 15 is 4.39 Å². The predicted molar refractivity (Wildman–Crippen MR) is 248 cm³/mol. The second-order valence-corrected chi connectivity index (χ2v) is 18.0. The standard InChI is InChI=1S/C49H59FN10O4/c1-32(44-30-39-42(12-18-52-47(39)55(44)3)60-23-17-37(51-2)29-46(60)62)57-21-15-35(16-22-57)34-4-6-36(7-5-34)49(64)59-19-13-33(14-20-59)31-56-24-26-58(27-25-56)43-10-8-38(28-40(43)50)53-41-9-11-45(61)54-48(41)63/h4-8,10,12,17-18,23,28-30,32-33,35,41,51,53H,9,11,13-16,19-22,24-27,31H2,1-3H3,(H,54,61,63)/t32-,41?/m0/s1. The molecule has 7 heterocycles. The van der Waals surface area contributed by atoms with E-state index in [0.29, 0.717) is 29.6 Å². The maximum Gasteiger partial charge on any atom is 0.257 e. The Morgan fingerprint density at radius 1 is 0.844 bits per heavy atom. The van der Waals surface area contributed by atoms with Crippen LogP contribution < -0.4 is 26.4 Å². The molecule has 14 nitrogen and oxygen atoms in total. The summed E-state index contributed by atoms with van der Waals surface area (Å²) in [5.41, 5.74) is 6.65. The summed E-state index contributed by atoms with van der Waals surface area (Å²) < 4.78 is 19.1. The molecule has 336 valence electrons. The molecule has 15 heteroatoms. The molecule has 0 bridgehead atoms. The molecule has 4 fully saturated rings. The fraction of sp³-hybridized carbons (Fsp3) is 0.449. The summed E-state index contributed by atoms with van der Waals surface area (Å²) in [6.07, 6.45) is 8.25. The van der Waals surface area contributed by atoms with Gasteiger partial charge >= 0.3 is 0 Å². The van der Waals surface area contributed by atoms with E-state index in [1.807, 2.05) is 35.4 Å². The van der Waals surface area contributed by atoms with Gasteiger partial charge in [0, 0.05) is 119 Å². The molecule has 2 aromatic carbocycles. The molecule has 0 spiro atoms. The molecule has 64 heavy (non-hydrogen) atoms. The van der Waals surface area contributed by atoms with Crippen LogP contribution in [-0.2, 0) is 16.6 Å². The number of benzene rings is 2. The van der Waals surface area contributed by atoms with E-state index in [0.717, 1.165) is 113 Å². The van der Waals surface area contributed by atoms with Crippen LogP contribution in [0.4, 0.5) is 21.5 Å². The van der Waals surface area contributed by atoms with Gasteiger partial charge in [0.2, 0.25) is 11.8 Å². The first-order valence-corrected chi connectivity index (χ1v) is 22.9. The number of fused-ring (bicyclic) bond motifs is 1. The number of carbonyl (C=O) groups excluding carboxylic acids is 3. The van der Waals surface area contributed by atoms with Crippen LogP contribution in [0.1, 0.15) is 79.0 Å². The molecule has 3 N–H and O–H groups in total. The van der Waals surface area contributed by atoms with Crippen molar-refractivity contribution in [2.75, 3.05) is 81.5 Å². The Morgan fingerprint density at radius 3 is 2.28 bits per heavy atom. The van der Waals surface area contributed by atoms with Crippen molar-refractivity contribution >= 4 is 45.8 Å². The number of nitrogens with one attached hydrogen (secondary N) is 3. The van der Waals surface area contributed by atoms with Crippen molar-refractivity contribution in [2.45, 2.75) is 63.5 Å². The van der Waals surface area contributed by atoms with Gasteiger partial charge in [0.25, 0.3) is 11.5 Å². The number of anilines is 3. The third-order valence-electron chi connectivity index (χ3n) is 14.2. The van der Waals surface area contributed by atoms with E-state index in [9.17, 15) is 19.2 Å². The molecule has 0 aliphatic carbocycles. The number of pyridine rings is 2. The Bertz CT molecular complexity index is 2570. The normalized spacial score (nSPS) is 20.1. The van der Waals surface area contributed by atoms with Gasteiger partial charge in [-0.3, -0.25) is 38.9 Å². The van der Waals surface area contributed by atoms with Crippen molar-refractivity contribution in [1.82, 2.24) is 34.1 Å². The summed E-state index contributed by atoms with van der Waals surface area (Å²) in [5.74, 6) is 0.0741. The number of likely N-dealkylation sites (tertiary alicyclic amines) is 2. The predicted octanol–water partition coefficient (Wildman–Crippen LogP) is 5.74. The highest BCUT2D eigenvalue weighted by atomic mass is 19.1. The number of imide groups is 1. The quantitative estimate of drug-likeness (QED) is 0.141. The van der Waals surface area contributed by atoms with Crippen LogP contribution in [0.5, 0.6) is 0 Å². The van der Waals surface area contributed by atoms with Gasteiger partial charge in [0.1, 0.15) is 17.5 Å². The molecule has 4 saturated heterocycles. The van der Waals surface area contributed by atoms with Crippen LogP contribution >= 0.6 is 0 Å². The van der Waals surface area contributed by atoms with Crippen LogP contribution in [0.15, 0.2) is 83.9 Å². The molecule has 3 amide bonds. The summed E-state index contributed by atoms with van der Waals surface area (Å²) in [4.78, 5) is 64.0. The zero-order valence-electron chi connectivity index (χ0n) is 37.1. The Morgan fingerprint density at radius 2 is 1.59 bits per heavy atom. The molecule has 5 aromatic rings. The first-order chi connectivity index (χ1) is 31.0. The molecular weight excluding hydrogens is 812 g/mol. The van der Waals surface area contributed by atoms with Gasteiger partial charge in [0.15, 0.2) is 0 Å². The maximum atomic E-state index is 15.2. The summed E-state index contributed by atoms with van der Waals surface area (Å²) >= 11 is 0. The van der Waals surface area contributed by atoms with E-state index in [1.165, 1.54) is 17.3 Å². The Balaban J connectivity index is 0.722. The highest BCUT2D eigenvalue weighted by Crippen LogP contribution is 2.35. The van der Waals surface area contributed by atoms with Crippen molar-refractivity contribution < 1.29 is 18.8 Å². The number of hydrogen-bond acceptors (Lipinski definition) is 10. The fourth-order valence-corrected chi connectivity index (χ4v) is 10.3. The van der Waals surface area contributed by atoms with Crippen molar-refractivity contribution in [3.8, 4) is 5.69 Å². The number of aryl methyl sites for hydroxylation is 1. The lowest BCUT2D eigenvalue weighted by Gasteiger charge is -2.39. The third-order valence-corrected chi connectivity index (χ3v) is 14.2. The number of nitrogens with zero attached hydrogens (tertiary/aromatic N) is 7. The zero-order chi connectivity index (χ0) is 44.5.